The van der Waals surface area contributed by atoms with Gasteiger partial charge in [0.25, 0.3) is 0 Å². The first kappa shape index (κ1) is 19.2. The van der Waals surface area contributed by atoms with Crippen LogP contribution in [-0.2, 0) is 14.3 Å². The molecule has 4 heteroatoms. The Morgan fingerprint density at radius 3 is 2.22 bits per heavy atom. The SMILES string of the molecule is O=CCCCCCCCCCC(=O)OCCOc1ccccc1. The Hall–Kier alpha value is -1.84. The number of carbonyl (C=O) groups excluding carboxylic acids is 2. The molecule has 1 aromatic carbocycles. The molecule has 128 valence electrons. The van der Waals surface area contributed by atoms with E-state index in [4.69, 9.17) is 9.47 Å². The molecule has 4 nitrogen and oxygen atoms in total. The summed E-state index contributed by atoms with van der Waals surface area (Å²) in [7, 11) is 0. The van der Waals surface area contributed by atoms with Crippen LogP contribution in [0.1, 0.15) is 57.8 Å². The minimum Gasteiger partial charge on any atom is -0.490 e. The zero-order valence-corrected chi connectivity index (χ0v) is 13.9. The summed E-state index contributed by atoms with van der Waals surface area (Å²) in [6.07, 6.45) is 9.71. The summed E-state index contributed by atoms with van der Waals surface area (Å²) < 4.78 is 10.6. The van der Waals surface area contributed by atoms with Gasteiger partial charge in [-0.25, -0.2) is 0 Å². The molecular weight excluding hydrogens is 292 g/mol. The lowest BCUT2D eigenvalue weighted by Gasteiger charge is -2.07. The van der Waals surface area contributed by atoms with Crippen LogP contribution in [0.15, 0.2) is 30.3 Å². The van der Waals surface area contributed by atoms with E-state index < -0.39 is 0 Å². The van der Waals surface area contributed by atoms with Crippen molar-refractivity contribution in [1.82, 2.24) is 0 Å². The lowest BCUT2D eigenvalue weighted by Crippen LogP contribution is -2.11. The van der Waals surface area contributed by atoms with Gasteiger partial charge in [-0.1, -0.05) is 50.3 Å². The van der Waals surface area contributed by atoms with Crippen molar-refractivity contribution in [2.75, 3.05) is 13.2 Å². The number of unbranched alkanes of at least 4 members (excludes halogenated alkanes) is 7. The van der Waals surface area contributed by atoms with E-state index in [0.717, 1.165) is 44.1 Å². The molecule has 0 atom stereocenters. The number of para-hydroxylation sites is 1. The third-order valence-corrected chi connectivity index (χ3v) is 3.56. The normalized spacial score (nSPS) is 10.3. The average molecular weight is 320 g/mol. The van der Waals surface area contributed by atoms with E-state index in [1.165, 1.54) is 12.8 Å². The summed E-state index contributed by atoms with van der Waals surface area (Å²) in [5.74, 6) is 0.643. The largest absolute Gasteiger partial charge is 0.490 e. The third-order valence-electron chi connectivity index (χ3n) is 3.56. The van der Waals surface area contributed by atoms with Crippen molar-refractivity contribution in [3.8, 4) is 5.75 Å². The summed E-state index contributed by atoms with van der Waals surface area (Å²) in [5, 5.41) is 0. The summed E-state index contributed by atoms with van der Waals surface area (Å²) in [4.78, 5) is 21.7. The molecule has 0 aliphatic rings. The molecule has 0 aliphatic carbocycles. The highest BCUT2D eigenvalue weighted by Gasteiger charge is 2.02. The van der Waals surface area contributed by atoms with Gasteiger partial charge in [0.15, 0.2) is 0 Å². The minimum atomic E-state index is -0.146. The number of benzene rings is 1. The summed E-state index contributed by atoms with van der Waals surface area (Å²) in [5.41, 5.74) is 0. The molecule has 0 saturated carbocycles. The Balaban J connectivity index is 1.86. The zero-order chi connectivity index (χ0) is 16.6. The van der Waals surface area contributed by atoms with Crippen molar-refractivity contribution in [3.63, 3.8) is 0 Å². The molecule has 23 heavy (non-hydrogen) atoms. The van der Waals surface area contributed by atoms with Gasteiger partial charge < -0.3 is 14.3 Å². The van der Waals surface area contributed by atoms with Crippen LogP contribution in [0.4, 0.5) is 0 Å². The summed E-state index contributed by atoms with van der Waals surface area (Å²) in [6.45, 7) is 0.682. The van der Waals surface area contributed by atoms with Crippen molar-refractivity contribution >= 4 is 12.3 Å². The third kappa shape index (κ3) is 11.4. The average Bonchev–Trinajstić information content (AvgIpc) is 2.58. The topological polar surface area (TPSA) is 52.6 Å². The van der Waals surface area contributed by atoms with Gasteiger partial charge in [-0.15, -0.1) is 0 Å². The lowest BCUT2D eigenvalue weighted by molar-refractivity contribution is -0.144. The van der Waals surface area contributed by atoms with Gasteiger partial charge >= 0.3 is 5.97 Å². The zero-order valence-electron chi connectivity index (χ0n) is 13.9. The van der Waals surface area contributed by atoms with Gasteiger partial charge in [-0.05, 0) is 25.0 Å². The fourth-order valence-corrected chi connectivity index (χ4v) is 2.28. The van der Waals surface area contributed by atoms with Crippen molar-refractivity contribution in [1.29, 1.82) is 0 Å². The smallest absolute Gasteiger partial charge is 0.305 e. The molecule has 1 aromatic rings. The van der Waals surface area contributed by atoms with E-state index in [9.17, 15) is 9.59 Å². The maximum atomic E-state index is 11.6. The van der Waals surface area contributed by atoms with Crippen LogP contribution >= 0.6 is 0 Å². The molecule has 0 aliphatic heterocycles. The standard InChI is InChI=1S/C19H28O4/c20-15-11-6-4-2-1-3-5-10-14-19(21)23-17-16-22-18-12-8-7-9-13-18/h7-9,12-13,15H,1-6,10-11,14,16-17H2. The van der Waals surface area contributed by atoms with E-state index in [2.05, 4.69) is 0 Å². The van der Waals surface area contributed by atoms with Crippen molar-refractivity contribution < 1.29 is 19.1 Å². The molecule has 0 spiro atoms. The number of esters is 1. The lowest BCUT2D eigenvalue weighted by atomic mass is 10.1. The Morgan fingerprint density at radius 1 is 0.870 bits per heavy atom. The van der Waals surface area contributed by atoms with Crippen LogP contribution < -0.4 is 4.74 Å². The Labute approximate surface area is 139 Å². The van der Waals surface area contributed by atoms with Gasteiger partial charge in [-0.2, -0.15) is 0 Å². The maximum Gasteiger partial charge on any atom is 0.305 e. The molecule has 0 unspecified atom stereocenters. The number of rotatable bonds is 14. The van der Waals surface area contributed by atoms with Gasteiger partial charge in [0, 0.05) is 12.8 Å². The van der Waals surface area contributed by atoms with Gasteiger partial charge in [0.05, 0.1) is 0 Å². The number of hydrogen-bond donors (Lipinski definition) is 0. The second kappa shape index (κ2) is 13.8. The molecule has 0 saturated heterocycles. The first-order valence-corrected chi connectivity index (χ1v) is 8.60. The minimum absolute atomic E-state index is 0.146. The van der Waals surface area contributed by atoms with Crippen LogP contribution in [0.2, 0.25) is 0 Å². The van der Waals surface area contributed by atoms with E-state index >= 15 is 0 Å². The second-order valence-electron chi connectivity index (χ2n) is 5.56. The monoisotopic (exact) mass is 320 g/mol. The highest BCUT2D eigenvalue weighted by molar-refractivity contribution is 5.69. The van der Waals surface area contributed by atoms with Crippen LogP contribution in [0.5, 0.6) is 5.75 Å². The van der Waals surface area contributed by atoms with E-state index in [1.54, 1.807) is 0 Å². The van der Waals surface area contributed by atoms with Crippen molar-refractivity contribution in [3.05, 3.63) is 30.3 Å². The number of ether oxygens (including phenoxy) is 2. The van der Waals surface area contributed by atoms with Crippen LogP contribution in [0, 0.1) is 0 Å². The van der Waals surface area contributed by atoms with E-state index in [0.29, 0.717) is 26.1 Å². The van der Waals surface area contributed by atoms with Gasteiger partial charge in [-0.3, -0.25) is 4.79 Å². The highest BCUT2D eigenvalue weighted by Crippen LogP contribution is 2.10. The van der Waals surface area contributed by atoms with E-state index in [1.807, 2.05) is 30.3 Å². The molecule has 0 amide bonds. The van der Waals surface area contributed by atoms with Crippen LogP contribution in [0.3, 0.4) is 0 Å². The van der Waals surface area contributed by atoms with Gasteiger partial charge in [0.1, 0.15) is 25.2 Å². The predicted octanol–water partition coefficient (Wildman–Crippen LogP) is 4.32. The predicted molar refractivity (Wildman–Crippen MR) is 90.5 cm³/mol. The Bertz CT molecular complexity index is 417. The van der Waals surface area contributed by atoms with E-state index in [-0.39, 0.29) is 5.97 Å². The number of carbonyl (C=O) groups is 2. The number of hydrogen-bond acceptors (Lipinski definition) is 4. The molecule has 0 aromatic heterocycles. The van der Waals surface area contributed by atoms with Crippen molar-refractivity contribution in [2.45, 2.75) is 57.8 Å². The molecule has 0 radical (unpaired) electrons. The highest BCUT2D eigenvalue weighted by atomic mass is 16.6. The Morgan fingerprint density at radius 2 is 1.52 bits per heavy atom. The molecule has 0 fully saturated rings. The number of aldehydes is 1. The molecule has 1 rings (SSSR count). The summed E-state index contributed by atoms with van der Waals surface area (Å²) in [6, 6.07) is 9.49. The van der Waals surface area contributed by atoms with Crippen LogP contribution in [-0.4, -0.2) is 25.5 Å². The van der Waals surface area contributed by atoms with Gasteiger partial charge in [0.2, 0.25) is 0 Å². The fourth-order valence-electron chi connectivity index (χ4n) is 2.28. The molecule has 0 heterocycles. The summed E-state index contributed by atoms with van der Waals surface area (Å²) >= 11 is 0. The molecular formula is C19H28O4. The molecule has 0 bridgehead atoms. The quantitative estimate of drug-likeness (QED) is 0.291. The van der Waals surface area contributed by atoms with Crippen molar-refractivity contribution in [2.24, 2.45) is 0 Å². The second-order valence-corrected chi connectivity index (χ2v) is 5.56. The maximum absolute atomic E-state index is 11.6. The molecule has 0 N–H and O–H groups in total. The Kier molecular flexibility index (Phi) is 11.5. The fraction of sp³-hybridized carbons (Fsp3) is 0.579. The van der Waals surface area contributed by atoms with Crippen LogP contribution in [0.25, 0.3) is 0 Å². The first-order valence-electron chi connectivity index (χ1n) is 8.60. The first-order chi connectivity index (χ1) is 11.3.